The van der Waals surface area contributed by atoms with Gasteiger partial charge < -0.3 is 4.42 Å². The Kier molecular flexibility index (Phi) is 2.43. The van der Waals surface area contributed by atoms with Crippen molar-refractivity contribution < 1.29 is 4.42 Å². The lowest BCUT2D eigenvalue weighted by molar-refractivity contribution is 0.590. The molecule has 0 amide bonds. The van der Waals surface area contributed by atoms with Crippen LogP contribution in [0, 0.1) is 0 Å². The molecule has 1 heterocycles. The van der Waals surface area contributed by atoms with Crippen molar-refractivity contribution in [2.75, 3.05) is 0 Å². The molecule has 0 N–H and O–H groups in total. The smallest absolute Gasteiger partial charge is 0.136 e. The SMILES string of the molecule is CC(C)(C)c1ccc2oc3cccc(Cl)c3c2c1. The van der Waals surface area contributed by atoms with Gasteiger partial charge in [-0.2, -0.15) is 0 Å². The lowest BCUT2D eigenvalue weighted by atomic mass is 9.86. The highest BCUT2D eigenvalue weighted by atomic mass is 35.5. The van der Waals surface area contributed by atoms with Gasteiger partial charge in [0.05, 0.1) is 5.02 Å². The monoisotopic (exact) mass is 258 g/mol. The van der Waals surface area contributed by atoms with Crippen molar-refractivity contribution >= 4 is 33.5 Å². The highest BCUT2D eigenvalue weighted by Gasteiger charge is 2.16. The second-order valence-corrected chi connectivity index (χ2v) is 6.08. The summed E-state index contributed by atoms with van der Waals surface area (Å²) in [7, 11) is 0. The van der Waals surface area contributed by atoms with Crippen molar-refractivity contribution in [3.63, 3.8) is 0 Å². The molecule has 0 radical (unpaired) electrons. The van der Waals surface area contributed by atoms with E-state index in [0.717, 1.165) is 27.0 Å². The summed E-state index contributed by atoms with van der Waals surface area (Å²) in [6, 6.07) is 12.1. The van der Waals surface area contributed by atoms with Gasteiger partial charge in [-0.05, 0) is 35.2 Å². The lowest BCUT2D eigenvalue weighted by Crippen LogP contribution is -2.10. The van der Waals surface area contributed by atoms with E-state index in [1.54, 1.807) is 0 Å². The van der Waals surface area contributed by atoms with E-state index in [4.69, 9.17) is 16.0 Å². The summed E-state index contributed by atoms with van der Waals surface area (Å²) in [5, 5.41) is 2.86. The van der Waals surface area contributed by atoms with Crippen LogP contribution in [-0.2, 0) is 5.41 Å². The lowest BCUT2D eigenvalue weighted by Gasteiger charge is -2.18. The standard InChI is InChI=1S/C16H15ClO/c1-16(2,3)10-7-8-13-11(9-10)15-12(17)5-4-6-14(15)18-13/h4-9H,1-3H3. The molecule has 0 spiro atoms. The molecule has 0 unspecified atom stereocenters. The molecule has 1 nitrogen and oxygen atoms in total. The Morgan fingerprint density at radius 2 is 1.78 bits per heavy atom. The Bertz CT molecular complexity index is 732. The fourth-order valence-corrected chi connectivity index (χ4v) is 2.52. The van der Waals surface area contributed by atoms with E-state index < -0.39 is 0 Å². The minimum Gasteiger partial charge on any atom is -0.456 e. The van der Waals surface area contributed by atoms with Crippen LogP contribution in [0.3, 0.4) is 0 Å². The molecule has 1 aromatic heterocycles. The maximum atomic E-state index is 6.28. The van der Waals surface area contributed by atoms with Crippen LogP contribution in [0.2, 0.25) is 5.02 Å². The third kappa shape index (κ3) is 1.70. The largest absolute Gasteiger partial charge is 0.456 e. The van der Waals surface area contributed by atoms with Crippen LogP contribution in [0.15, 0.2) is 40.8 Å². The van der Waals surface area contributed by atoms with Gasteiger partial charge in [0.1, 0.15) is 11.2 Å². The number of benzene rings is 2. The molecule has 3 aromatic rings. The molecular weight excluding hydrogens is 244 g/mol. The summed E-state index contributed by atoms with van der Waals surface area (Å²) < 4.78 is 5.82. The molecule has 0 aliphatic heterocycles. The van der Waals surface area contributed by atoms with E-state index in [-0.39, 0.29) is 5.41 Å². The van der Waals surface area contributed by atoms with Gasteiger partial charge in [-0.3, -0.25) is 0 Å². The first-order valence-electron chi connectivity index (χ1n) is 6.08. The number of hydrogen-bond donors (Lipinski definition) is 0. The quantitative estimate of drug-likeness (QED) is 0.516. The van der Waals surface area contributed by atoms with Gasteiger partial charge in [0.2, 0.25) is 0 Å². The molecule has 0 atom stereocenters. The normalized spacial score (nSPS) is 12.4. The van der Waals surface area contributed by atoms with Crippen LogP contribution in [-0.4, -0.2) is 0 Å². The van der Waals surface area contributed by atoms with E-state index in [9.17, 15) is 0 Å². The Morgan fingerprint density at radius 1 is 1.00 bits per heavy atom. The molecule has 2 heteroatoms. The maximum absolute atomic E-state index is 6.28. The first-order chi connectivity index (χ1) is 8.47. The number of furan rings is 1. The number of hydrogen-bond acceptors (Lipinski definition) is 1. The molecule has 2 aromatic carbocycles. The Balaban J connectivity index is 2.42. The zero-order chi connectivity index (χ0) is 12.9. The molecule has 92 valence electrons. The van der Waals surface area contributed by atoms with Gasteiger partial charge in [0.15, 0.2) is 0 Å². The predicted molar refractivity (Wildman–Crippen MR) is 77.4 cm³/mol. The summed E-state index contributed by atoms with van der Waals surface area (Å²) in [6.07, 6.45) is 0. The summed E-state index contributed by atoms with van der Waals surface area (Å²) in [5.74, 6) is 0. The van der Waals surface area contributed by atoms with Gasteiger partial charge in [-0.15, -0.1) is 0 Å². The van der Waals surface area contributed by atoms with Gasteiger partial charge >= 0.3 is 0 Å². The summed E-state index contributed by atoms with van der Waals surface area (Å²) in [4.78, 5) is 0. The summed E-state index contributed by atoms with van der Waals surface area (Å²) in [5.41, 5.74) is 3.16. The topological polar surface area (TPSA) is 13.1 Å². The molecule has 3 rings (SSSR count). The zero-order valence-electron chi connectivity index (χ0n) is 10.8. The molecule has 0 saturated heterocycles. The van der Waals surface area contributed by atoms with Gasteiger partial charge in [-0.25, -0.2) is 0 Å². The summed E-state index contributed by atoms with van der Waals surface area (Å²) in [6.45, 7) is 6.62. The third-order valence-electron chi connectivity index (χ3n) is 3.31. The third-order valence-corrected chi connectivity index (χ3v) is 3.63. The van der Waals surface area contributed by atoms with Crippen LogP contribution in [0.1, 0.15) is 26.3 Å². The average Bonchev–Trinajstić information content (AvgIpc) is 2.66. The van der Waals surface area contributed by atoms with Crippen molar-refractivity contribution in [1.29, 1.82) is 0 Å². The van der Waals surface area contributed by atoms with Crippen molar-refractivity contribution in [2.45, 2.75) is 26.2 Å². The maximum Gasteiger partial charge on any atom is 0.136 e. The highest BCUT2D eigenvalue weighted by Crippen LogP contribution is 2.36. The van der Waals surface area contributed by atoms with E-state index in [1.165, 1.54) is 5.56 Å². The van der Waals surface area contributed by atoms with Gasteiger partial charge in [-0.1, -0.05) is 44.5 Å². The first kappa shape index (κ1) is 11.6. The van der Waals surface area contributed by atoms with E-state index in [0.29, 0.717) is 0 Å². The molecular formula is C16H15ClO. The van der Waals surface area contributed by atoms with E-state index in [2.05, 4.69) is 32.9 Å². The second kappa shape index (κ2) is 3.76. The minimum atomic E-state index is 0.124. The Morgan fingerprint density at radius 3 is 2.50 bits per heavy atom. The second-order valence-electron chi connectivity index (χ2n) is 5.68. The van der Waals surface area contributed by atoms with Crippen LogP contribution in [0.4, 0.5) is 0 Å². The van der Waals surface area contributed by atoms with Crippen molar-refractivity contribution in [2.24, 2.45) is 0 Å². The van der Waals surface area contributed by atoms with Crippen molar-refractivity contribution in [3.05, 3.63) is 47.0 Å². The van der Waals surface area contributed by atoms with Gasteiger partial charge in [0.25, 0.3) is 0 Å². The zero-order valence-corrected chi connectivity index (χ0v) is 11.5. The van der Waals surface area contributed by atoms with Crippen molar-refractivity contribution in [1.82, 2.24) is 0 Å². The van der Waals surface area contributed by atoms with Crippen LogP contribution < -0.4 is 0 Å². The molecule has 0 fully saturated rings. The summed E-state index contributed by atoms with van der Waals surface area (Å²) >= 11 is 6.28. The van der Waals surface area contributed by atoms with Crippen LogP contribution in [0.25, 0.3) is 21.9 Å². The van der Waals surface area contributed by atoms with Crippen LogP contribution in [0.5, 0.6) is 0 Å². The molecule has 18 heavy (non-hydrogen) atoms. The average molecular weight is 259 g/mol. The molecule has 0 aliphatic carbocycles. The molecule has 0 saturated carbocycles. The van der Waals surface area contributed by atoms with Crippen LogP contribution >= 0.6 is 11.6 Å². The minimum absolute atomic E-state index is 0.124. The fourth-order valence-electron chi connectivity index (χ4n) is 2.25. The molecule has 0 aliphatic rings. The predicted octanol–water partition coefficient (Wildman–Crippen LogP) is 5.54. The van der Waals surface area contributed by atoms with Gasteiger partial charge in [0, 0.05) is 10.8 Å². The highest BCUT2D eigenvalue weighted by molar-refractivity contribution is 6.37. The van der Waals surface area contributed by atoms with E-state index in [1.807, 2.05) is 24.3 Å². The number of fused-ring (bicyclic) bond motifs is 3. The number of halogens is 1. The van der Waals surface area contributed by atoms with E-state index >= 15 is 0 Å². The molecule has 0 bridgehead atoms. The number of rotatable bonds is 0. The fraction of sp³-hybridized carbons (Fsp3) is 0.250. The van der Waals surface area contributed by atoms with Crippen molar-refractivity contribution in [3.8, 4) is 0 Å². The Hall–Kier alpha value is -1.47. The Labute approximate surface area is 111 Å². The first-order valence-corrected chi connectivity index (χ1v) is 6.46.